The summed E-state index contributed by atoms with van der Waals surface area (Å²) in [6, 6.07) is 11.9. The fraction of sp³-hybridized carbons (Fsp3) is 0.222. The Morgan fingerprint density at radius 2 is 1.96 bits per heavy atom. The van der Waals surface area contributed by atoms with Crippen molar-refractivity contribution in [3.05, 3.63) is 63.2 Å². The molecule has 1 N–H and O–H groups in total. The van der Waals surface area contributed by atoms with Gasteiger partial charge in [0.2, 0.25) is 5.88 Å². The van der Waals surface area contributed by atoms with Gasteiger partial charge < -0.3 is 9.84 Å². The van der Waals surface area contributed by atoms with Crippen LogP contribution in [-0.2, 0) is 24.4 Å². The molecule has 2 aromatic heterocycles. The van der Waals surface area contributed by atoms with E-state index in [1.807, 2.05) is 36.4 Å². The summed E-state index contributed by atoms with van der Waals surface area (Å²) in [5.41, 5.74) is 3.07. The molecule has 0 saturated heterocycles. The molecule has 0 atom stereocenters. The summed E-state index contributed by atoms with van der Waals surface area (Å²) in [6.45, 7) is 2.90. The van der Waals surface area contributed by atoms with Crippen LogP contribution in [0.25, 0.3) is 10.6 Å². The molecule has 0 bridgehead atoms. The van der Waals surface area contributed by atoms with Crippen molar-refractivity contribution in [2.24, 2.45) is 0 Å². The molecule has 0 aliphatic carbocycles. The molecule has 1 aromatic carbocycles. The van der Waals surface area contributed by atoms with E-state index in [4.69, 9.17) is 4.74 Å². The highest BCUT2D eigenvalue weighted by Crippen LogP contribution is 2.32. The highest BCUT2D eigenvalue weighted by molar-refractivity contribution is 9.10. The maximum atomic E-state index is 10.1. The van der Waals surface area contributed by atoms with Crippen LogP contribution in [0.4, 0.5) is 0 Å². The van der Waals surface area contributed by atoms with Crippen molar-refractivity contribution >= 4 is 27.3 Å². The minimum absolute atomic E-state index is 0.0423. The Labute approximate surface area is 153 Å². The van der Waals surface area contributed by atoms with Crippen molar-refractivity contribution in [2.45, 2.75) is 26.6 Å². The van der Waals surface area contributed by atoms with Crippen LogP contribution < -0.4 is 0 Å². The number of nitrogens with zero attached hydrogens (tertiary/aromatic N) is 2. The molecule has 3 aromatic rings. The number of aromatic nitrogens is 2. The van der Waals surface area contributed by atoms with Gasteiger partial charge >= 0.3 is 0 Å². The zero-order valence-corrected chi connectivity index (χ0v) is 15.6. The van der Waals surface area contributed by atoms with Crippen molar-refractivity contribution in [3.63, 3.8) is 0 Å². The Hall–Kier alpha value is -1.76. The third-order valence-corrected chi connectivity index (χ3v) is 5.11. The van der Waals surface area contributed by atoms with Crippen molar-refractivity contribution < 1.29 is 9.84 Å². The number of hydrogen-bond donors (Lipinski definition) is 1. The molecule has 0 amide bonds. The zero-order valence-electron chi connectivity index (χ0n) is 13.2. The van der Waals surface area contributed by atoms with Gasteiger partial charge in [0, 0.05) is 21.9 Å². The number of thiazole rings is 1. The van der Waals surface area contributed by atoms with Crippen LogP contribution in [0.2, 0.25) is 0 Å². The largest absolute Gasteiger partial charge is 0.492 e. The van der Waals surface area contributed by atoms with Gasteiger partial charge in [-0.15, -0.1) is 11.3 Å². The van der Waals surface area contributed by atoms with Crippen molar-refractivity contribution in [2.75, 3.05) is 0 Å². The van der Waals surface area contributed by atoms with E-state index in [1.165, 1.54) is 11.3 Å². The van der Waals surface area contributed by atoms with Gasteiger partial charge in [-0.3, -0.25) is 4.98 Å². The lowest BCUT2D eigenvalue weighted by Crippen LogP contribution is -1.92. The molecule has 0 spiro atoms. The average molecular weight is 405 g/mol. The summed E-state index contributed by atoms with van der Waals surface area (Å²) in [4.78, 5) is 9.28. The highest BCUT2D eigenvalue weighted by atomic mass is 79.9. The minimum Gasteiger partial charge on any atom is -0.492 e. The summed E-state index contributed by atoms with van der Waals surface area (Å²) in [7, 11) is 0. The number of aromatic hydroxyl groups is 1. The number of rotatable bonds is 6. The van der Waals surface area contributed by atoms with Crippen LogP contribution in [-0.4, -0.2) is 15.1 Å². The quantitative estimate of drug-likeness (QED) is 0.630. The van der Waals surface area contributed by atoms with Crippen molar-refractivity contribution in [1.29, 1.82) is 0 Å². The van der Waals surface area contributed by atoms with Crippen molar-refractivity contribution in [3.8, 4) is 16.5 Å². The summed E-state index contributed by atoms with van der Waals surface area (Å²) in [6.07, 6.45) is 2.64. The Kier molecular flexibility index (Phi) is 5.60. The predicted octanol–water partition coefficient (Wildman–Crippen LogP) is 4.95. The molecule has 2 heterocycles. The topological polar surface area (TPSA) is 55.2 Å². The first-order valence-corrected chi connectivity index (χ1v) is 9.23. The van der Waals surface area contributed by atoms with E-state index >= 15 is 0 Å². The molecule has 124 valence electrons. The molecule has 0 unspecified atom stereocenters. The zero-order chi connectivity index (χ0) is 16.9. The summed E-state index contributed by atoms with van der Waals surface area (Å²) in [5.74, 6) is 0.0423. The van der Waals surface area contributed by atoms with Gasteiger partial charge in [-0.05, 0) is 36.2 Å². The number of halogens is 1. The normalized spacial score (nSPS) is 10.9. The number of hydrogen-bond acceptors (Lipinski definition) is 5. The van der Waals surface area contributed by atoms with Gasteiger partial charge in [0.25, 0.3) is 0 Å². The third-order valence-electron chi connectivity index (χ3n) is 3.52. The second-order valence-electron chi connectivity index (χ2n) is 5.27. The lowest BCUT2D eigenvalue weighted by atomic mass is 10.2. The monoisotopic (exact) mass is 404 g/mol. The average Bonchev–Trinajstić information content (AvgIpc) is 2.98. The molecule has 4 nitrogen and oxygen atoms in total. The standard InChI is InChI=1S/C18H17BrN2O2S/c1-2-15-9-13(7-8-20-15)18-21-17(22)16(24-18)11-23-10-12-3-5-14(19)6-4-12/h3-9,22H,2,10-11H2,1H3. The van der Waals surface area contributed by atoms with E-state index in [-0.39, 0.29) is 5.88 Å². The van der Waals surface area contributed by atoms with Crippen LogP contribution in [0.5, 0.6) is 5.88 Å². The number of ether oxygens (including phenoxy) is 1. The van der Waals surface area contributed by atoms with Gasteiger partial charge in [0.1, 0.15) is 5.01 Å². The highest BCUT2D eigenvalue weighted by Gasteiger charge is 2.12. The second-order valence-corrected chi connectivity index (χ2v) is 7.27. The number of pyridine rings is 1. The fourth-order valence-corrected chi connectivity index (χ4v) is 3.36. The fourth-order valence-electron chi connectivity index (χ4n) is 2.21. The first-order chi connectivity index (χ1) is 11.7. The first kappa shape index (κ1) is 17.1. The lowest BCUT2D eigenvalue weighted by molar-refractivity contribution is 0.107. The van der Waals surface area contributed by atoms with Crippen molar-refractivity contribution in [1.82, 2.24) is 9.97 Å². The molecule has 6 heteroatoms. The summed E-state index contributed by atoms with van der Waals surface area (Å²) in [5, 5.41) is 10.8. The smallest absolute Gasteiger partial charge is 0.228 e. The molecule has 0 fully saturated rings. The molecule has 0 radical (unpaired) electrons. The van der Waals surface area contributed by atoms with Gasteiger partial charge in [0.05, 0.1) is 18.1 Å². The van der Waals surface area contributed by atoms with E-state index in [1.54, 1.807) is 6.20 Å². The summed E-state index contributed by atoms with van der Waals surface area (Å²) < 4.78 is 6.74. The molecular weight excluding hydrogens is 388 g/mol. The second kappa shape index (κ2) is 7.88. The summed E-state index contributed by atoms with van der Waals surface area (Å²) >= 11 is 4.86. The Morgan fingerprint density at radius 1 is 1.17 bits per heavy atom. The van der Waals surface area contributed by atoms with E-state index in [9.17, 15) is 5.11 Å². The van der Waals surface area contributed by atoms with E-state index < -0.39 is 0 Å². The SMILES string of the molecule is CCc1cc(-c2nc(O)c(COCc3ccc(Br)cc3)s2)ccn1. The Bertz CT molecular complexity index is 818. The minimum atomic E-state index is 0.0423. The van der Waals surface area contributed by atoms with E-state index in [2.05, 4.69) is 32.8 Å². The Morgan fingerprint density at radius 3 is 2.71 bits per heavy atom. The first-order valence-electron chi connectivity index (χ1n) is 7.62. The van der Waals surface area contributed by atoms with Gasteiger partial charge in [-0.1, -0.05) is 35.0 Å². The Balaban J connectivity index is 1.66. The lowest BCUT2D eigenvalue weighted by Gasteiger charge is -2.03. The van der Waals surface area contributed by atoms with Crippen LogP contribution >= 0.6 is 27.3 Å². The van der Waals surface area contributed by atoms with Gasteiger partial charge in [-0.2, -0.15) is 0 Å². The molecule has 3 rings (SSSR count). The van der Waals surface area contributed by atoms with E-state index in [0.29, 0.717) is 13.2 Å². The van der Waals surface area contributed by atoms with Gasteiger partial charge in [-0.25, -0.2) is 4.98 Å². The maximum absolute atomic E-state index is 10.1. The van der Waals surface area contributed by atoms with Crippen LogP contribution in [0.1, 0.15) is 23.1 Å². The molecule has 0 saturated carbocycles. The molecule has 24 heavy (non-hydrogen) atoms. The third kappa shape index (κ3) is 4.20. The number of benzene rings is 1. The molecule has 0 aliphatic rings. The molecular formula is C18H17BrN2O2S. The van der Waals surface area contributed by atoms with Crippen LogP contribution in [0.3, 0.4) is 0 Å². The predicted molar refractivity (Wildman–Crippen MR) is 99.0 cm³/mol. The molecule has 0 aliphatic heterocycles. The van der Waals surface area contributed by atoms with Gasteiger partial charge in [0.15, 0.2) is 0 Å². The van der Waals surface area contributed by atoms with Crippen LogP contribution in [0, 0.1) is 0 Å². The number of aryl methyl sites for hydroxylation is 1. The van der Waals surface area contributed by atoms with E-state index in [0.717, 1.165) is 37.6 Å². The van der Waals surface area contributed by atoms with Crippen LogP contribution in [0.15, 0.2) is 47.1 Å². The maximum Gasteiger partial charge on any atom is 0.228 e.